The number of amides is 1. The Hall–Kier alpha value is -2.93. The Bertz CT molecular complexity index is 959. The van der Waals surface area contributed by atoms with E-state index in [2.05, 4.69) is 59.0 Å². The second kappa shape index (κ2) is 14.0. The number of rotatable bonds is 9. The first-order valence-corrected chi connectivity index (χ1v) is 13.2. The molecule has 0 aromatic heterocycles. The molecule has 1 aromatic carbocycles. The lowest BCUT2D eigenvalue weighted by Gasteiger charge is -2.32. The van der Waals surface area contributed by atoms with Gasteiger partial charge in [-0.25, -0.2) is 9.98 Å². The molecule has 3 rings (SSSR count). The number of ether oxygens (including phenoxy) is 1. The van der Waals surface area contributed by atoms with Crippen molar-refractivity contribution in [2.75, 3.05) is 26.3 Å². The molecule has 2 aliphatic rings. The SMILES string of the molecule is C=N/C(=N\C=C(/C)CC)N1CCC(COc2ccc(C3=CCC(C(=O)N[C@H](C)CO)CC3)cc2)CC1. The Kier molecular flexibility index (Phi) is 10.7. The molecule has 0 bridgehead atoms. The van der Waals surface area contributed by atoms with Gasteiger partial charge < -0.3 is 20.1 Å². The number of aliphatic imine (C=N–C) groups is 2. The molecule has 1 fully saturated rings. The topological polar surface area (TPSA) is 86.5 Å². The summed E-state index contributed by atoms with van der Waals surface area (Å²) < 4.78 is 6.11. The summed E-state index contributed by atoms with van der Waals surface area (Å²) >= 11 is 0. The normalized spacial score (nSPS) is 20.5. The van der Waals surface area contributed by atoms with E-state index >= 15 is 0 Å². The van der Waals surface area contributed by atoms with Crippen LogP contribution in [0.5, 0.6) is 5.75 Å². The van der Waals surface area contributed by atoms with Gasteiger partial charge in [0, 0.05) is 31.2 Å². The van der Waals surface area contributed by atoms with Gasteiger partial charge in [0.2, 0.25) is 11.9 Å². The summed E-state index contributed by atoms with van der Waals surface area (Å²) in [6, 6.07) is 8.12. The van der Waals surface area contributed by atoms with Crippen molar-refractivity contribution in [3.8, 4) is 5.75 Å². The quantitative estimate of drug-likeness (QED) is 0.380. The van der Waals surface area contributed by atoms with E-state index in [-0.39, 0.29) is 24.5 Å². The minimum atomic E-state index is -0.198. The second-order valence-corrected chi connectivity index (χ2v) is 9.97. The number of carbonyl (C=O) groups is 1. The van der Waals surface area contributed by atoms with Crippen molar-refractivity contribution in [2.24, 2.45) is 21.8 Å². The predicted octanol–water partition coefficient (Wildman–Crippen LogP) is 4.83. The molecule has 1 heterocycles. The van der Waals surface area contributed by atoms with Crippen LogP contribution in [0.4, 0.5) is 0 Å². The van der Waals surface area contributed by atoms with Gasteiger partial charge in [-0.05, 0) is 88.3 Å². The van der Waals surface area contributed by atoms with Crippen molar-refractivity contribution in [3.05, 3.63) is 47.7 Å². The standard InChI is InChI=1S/C29H42N4O3/c1-5-21(2)18-31-29(30-4)33-16-14-23(15-17-33)20-36-27-12-10-25(11-13-27)24-6-8-26(9-7-24)28(35)32-22(3)19-34/h6,10-13,18,22-23,26,34H,4-5,7-9,14-17,19-20H2,1-3H3,(H,32,35)/b21-18+,31-29+/t22-,26?/m1/s1. The first-order valence-electron chi connectivity index (χ1n) is 13.2. The van der Waals surface area contributed by atoms with Crippen LogP contribution in [0.25, 0.3) is 5.57 Å². The number of nitrogens with zero attached hydrogens (tertiary/aromatic N) is 3. The highest BCUT2D eigenvalue weighted by Gasteiger charge is 2.24. The van der Waals surface area contributed by atoms with Crippen LogP contribution in [0, 0.1) is 11.8 Å². The summed E-state index contributed by atoms with van der Waals surface area (Å²) in [5.41, 5.74) is 3.70. The smallest absolute Gasteiger partial charge is 0.224 e. The zero-order valence-corrected chi connectivity index (χ0v) is 22.1. The third kappa shape index (κ3) is 8.05. The molecule has 7 heteroatoms. The predicted molar refractivity (Wildman–Crippen MR) is 147 cm³/mol. The molecule has 1 aromatic rings. The van der Waals surface area contributed by atoms with Gasteiger partial charge in [-0.3, -0.25) is 4.79 Å². The summed E-state index contributed by atoms with van der Waals surface area (Å²) in [6.45, 7) is 12.2. The molecule has 1 amide bonds. The maximum Gasteiger partial charge on any atom is 0.224 e. The van der Waals surface area contributed by atoms with E-state index in [0.717, 1.165) is 57.4 Å². The number of allylic oxidation sites excluding steroid dienone is 3. The molecule has 196 valence electrons. The lowest BCUT2D eigenvalue weighted by atomic mass is 9.86. The highest BCUT2D eigenvalue weighted by Crippen LogP contribution is 2.31. The van der Waals surface area contributed by atoms with Crippen molar-refractivity contribution in [1.82, 2.24) is 10.2 Å². The maximum atomic E-state index is 12.3. The average Bonchev–Trinajstić information content (AvgIpc) is 2.93. The Morgan fingerprint density at radius 2 is 2.00 bits per heavy atom. The molecule has 2 N–H and O–H groups in total. The van der Waals surface area contributed by atoms with Crippen molar-refractivity contribution >= 4 is 24.2 Å². The number of likely N-dealkylation sites (tertiary alicyclic amines) is 1. The number of hydrogen-bond acceptors (Lipinski definition) is 4. The monoisotopic (exact) mass is 494 g/mol. The van der Waals surface area contributed by atoms with Crippen molar-refractivity contribution < 1.29 is 14.6 Å². The minimum absolute atomic E-state index is 0.0155. The van der Waals surface area contributed by atoms with E-state index < -0.39 is 0 Å². The summed E-state index contributed by atoms with van der Waals surface area (Å²) in [4.78, 5) is 23.2. The van der Waals surface area contributed by atoms with Crippen LogP contribution in [0.15, 0.2) is 52.1 Å². The Morgan fingerprint density at radius 1 is 1.28 bits per heavy atom. The number of piperidine rings is 1. The summed E-state index contributed by atoms with van der Waals surface area (Å²) in [7, 11) is 0. The molecule has 0 saturated carbocycles. The molecule has 36 heavy (non-hydrogen) atoms. The first kappa shape index (κ1) is 27.7. The van der Waals surface area contributed by atoms with Crippen LogP contribution in [0.3, 0.4) is 0 Å². The van der Waals surface area contributed by atoms with E-state index in [9.17, 15) is 4.79 Å². The molecule has 0 radical (unpaired) electrons. The van der Waals surface area contributed by atoms with Crippen LogP contribution in [-0.2, 0) is 4.79 Å². The van der Waals surface area contributed by atoms with Gasteiger partial charge >= 0.3 is 0 Å². The van der Waals surface area contributed by atoms with Crippen LogP contribution in [0.1, 0.15) is 64.9 Å². The van der Waals surface area contributed by atoms with Crippen LogP contribution < -0.4 is 10.1 Å². The second-order valence-electron chi connectivity index (χ2n) is 9.97. The van der Waals surface area contributed by atoms with Gasteiger partial charge in [0.15, 0.2) is 0 Å². The first-order chi connectivity index (χ1) is 17.4. The van der Waals surface area contributed by atoms with Crippen molar-refractivity contribution in [1.29, 1.82) is 0 Å². The average molecular weight is 495 g/mol. The van der Waals surface area contributed by atoms with Gasteiger partial charge in [-0.1, -0.05) is 30.7 Å². The lowest BCUT2D eigenvalue weighted by molar-refractivity contribution is -0.126. The number of hydrogen-bond donors (Lipinski definition) is 2. The van der Waals surface area contributed by atoms with Gasteiger partial charge in [0.25, 0.3) is 0 Å². The summed E-state index contributed by atoms with van der Waals surface area (Å²) in [5.74, 6) is 2.13. The third-order valence-corrected chi connectivity index (χ3v) is 7.15. The molecule has 1 aliphatic heterocycles. The third-order valence-electron chi connectivity index (χ3n) is 7.15. The van der Waals surface area contributed by atoms with E-state index in [1.54, 1.807) is 0 Å². The zero-order chi connectivity index (χ0) is 25.9. The largest absolute Gasteiger partial charge is 0.493 e. The number of carbonyl (C=O) groups excluding carboxylic acids is 1. The fourth-order valence-electron chi connectivity index (χ4n) is 4.50. The van der Waals surface area contributed by atoms with Crippen molar-refractivity contribution in [2.45, 2.75) is 65.3 Å². The number of aliphatic hydroxyl groups is 1. The lowest BCUT2D eigenvalue weighted by Crippen LogP contribution is -2.39. The van der Waals surface area contributed by atoms with E-state index in [4.69, 9.17) is 9.84 Å². The Morgan fingerprint density at radius 3 is 2.58 bits per heavy atom. The van der Waals surface area contributed by atoms with E-state index in [1.165, 1.54) is 16.7 Å². The Balaban J connectivity index is 1.44. The minimum Gasteiger partial charge on any atom is -0.493 e. The number of guanidine groups is 1. The highest BCUT2D eigenvalue weighted by atomic mass is 16.5. The number of aliphatic hydroxyl groups excluding tert-OH is 1. The zero-order valence-electron chi connectivity index (χ0n) is 22.1. The van der Waals surface area contributed by atoms with Gasteiger partial charge in [-0.15, -0.1) is 0 Å². The fraction of sp³-hybridized carbons (Fsp3) is 0.552. The molecule has 1 aliphatic carbocycles. The Labute approximate surface area is 216 Å². The molecule has 2 atom stereocenters. The number of benzene rings is 1. The van der Waals surface area contributed by atoms with Gasteiger partial charge in [0.05, 0.1) is 13.2 Å². The van der Waals surface area contributed by atoms with Gasteiger partial charge in [0.1, 0.15) is 5.75 Å². The molecule has 1 saturated heterocycles. The van der Waals surface area contributed by atoms with E-state index in [0.29, 0.717) is 18.5 Å². The highest BCUT2D eigenvalue weighted by molar-refractivity contribution is 5.84. The van der Waals surface area contributed by atoms with Crippen LogP contribution >= 0.6 is 0 Å². The van der Waals surface area contributed by atoms with Crippen LogP contribution in [-0.4, -0.2) is 60.9 Å². The molecule has 7 nitrogen and oxygen atoms in total. The van der Waals surface area contributed by atoms with Gasteiger partial charge in [-0.2, -0.15) is 0 Å². The van der Waals surface area contributed by atoms with Crippen LogP contribution in [0.2, 0.25) is 0 Å². The molecular weight excluding hydrogens is 452 g/mol. The summed E-state index contributed by atoms with van der Waals surface area (Å²) in [6.07, 6.45) is 9.58. The molecular formula is C29H42N4O3. The summed E-state index contributed by atoms with van der Waals surface area (Å²) in [5, 5.41) is 12.0. The van der Waals surface area contributed by atoms with E-state index in [1.807, 2.05) is 25.3 Å². The maximum absolute atomic E-state index is 12.3. The van der Waals surface area contributed by atoms with Crippen molar-refractivity contribution in [3.63, 3.8) is 0 Å². The number of nitrogens with one attached hydrogen (secondary N) is 1. The molecule has 0 spiro atoms. The fourth-order valence-corrected chi connectivity index (χ4v) is 4.50. The molecule has 1 unspecified atom stereocenters.